The molecule has 0 bridgehead atoms. The minimum absolute atomic E-state index is 0.0924. The van der Waals surface area contributed by atoms with E-state index in [0.717, 1.165) is 25.3 Å². The van der Waals surface area contributed by atoms with E-state index in [9.17, 15) is 4.79 Å². The minimum Gasteiger partial charge on any atom is -0.326 e. The zero-order chi connectivity index (χ0) is 14.2. The number of nitrogens with one attached hydrogen (secondary N) is 2. The van der Waals surface area contributed by atoms with E-state index >= 15 is 0 Å². The number of carbonyl (C=O) groups is 1. The first kappa shape index (κ1) is 15.0. The van der Waals surface area contributed by atoms with Crippen LogP contribution in [0.25, 0.3) is 0 Å². The summed E-state index contributed by atoms with van der Waals surface area (Å²) < 4.78 is 0. The number of hydrogen-bond donors (Lipinski definition) is 2. The van der Waals surface area contributed by atoms with Gasteiger partial charge in [-0.25, -0.2) is 0 Å². The van der Waals surface area contributed by atoms with Crippen LogP contribution >= 0.6 is 0 Å². The van der Waals surface area contributed by atoms with Gasteiger partial charge < -0.3 is 15.5 Å². The maximum Gasteiger partial charge on any atom is 0.225 e. The molecule has 1 saturated heterocycles. The van der Waals surface area contributed by atoms with E-state index in [0.29, 0.717) is 12.5 Å². The average Bonchev–Trinajstić information content (AvgIpc) is 2.75. The summed E-state index contributed by atoms with van der Waals surface area (Å²) in [6, 6.07) is 10.2. The van der Waals surface area contributed by atoms with Crippen molar-refractivity contribution in [3.05, 3.63) is 30.3 Å². The summed E-state index contributed by atoms with van der Waals surface area (Å²) in [7, 11) is 2.13. The van der Waals surface area contributed by atoms with Crippen LogP contribution in [0.15, 0.2) is 30.3 Å². The maximum atomic E-state index is 11.9. The van der Waals surface area contributed by atoms with E-state index in [-0.39, 0.29) is 5.91 Å². The highest BCUT2D eigenvalue weighted by Gasteiger charge is 2.17. The molecule has 1 aliphatic rings. The lowest BCUT2D eigenvalue weighted by atomic mass is 10.1. The molecular weight excluding hydrogens is 250 g/mol. The Balaban J connectivity index is 1.72. The smallest absolute Gasteiger partial charge is 0.225 e. The van der Waals surface area contributed by atoms with Crippen molar-refractivity contribution < 1.29 is 4.79 Å². The molecule has 0 aromatic heterocycles. The molecule has 110 valence electrons. The Bertz CT molecular complexity index is 399. The van der Waals surface area contributed by atoms with Crippen molar-refractivity contribution in [1.82, 2.24) is 10.2 Å². The Morgan fingerprint density at radius 1 is 1.30 bits per heavy atom. The number of benzene rings is 1. The number of nitrogens with zero attached hydrogens (tertiary/aromatic N) is 1. The van der Waals surface area contributed by atoms with Crippen LogP contribution in [0.5, 0.6) is 0 Å². The molecule has 1 atom stereocenters. The Morgan fingerprint density at radius 3 is 2.90 bits per heavy atom. The predicted octanol–water partition coefficient (Wildman–Crippen LogP) is 2.09. The fraction of sp³-hybridized carbons (Fsp3) is 0.562. The molecule has 4 heteroatoms. The summed E-state index contributed by atoms with van der Waals surface area (Å²) in [5.41, 5.74) is 0.874. The number of carbonyl (C=O) groups excluding carboxylic acids is 1. The Hall–Kier alpha value is -1.39. The third kappa shape index (κ3) is 4.94. The van der Waals surface area contributed by atoms with Crippen molar-refractivity contribution in [2.75, 3.05) is 32.0 Å². The highest BCUT2D eigenvalue weighted by Crippen LogP contribution is 2.12. The maximum absolute atomic E-state index is 11.9. The van der Waals surface area contributed by atoms with Crippen molar-refractivity contribution in [3.8, 4) is 0 Å². The molecule has 2 rings (SSSR count). The van der Waals surface area contributed by atoms with E-state index in [1.165, 1.54) is 19.3 Å². The van der Waals surface area contributed by atoms with Crippen LogP contribution in [0.2, 0.25) is 0 Å². The summed E-state index contributed by atoms with van der Waals surface area (Å²) in [5, 5.41) is 6.36. The van der Waals surface area contributed by atoms with Crippen LogP contribution in [0.1, 0.15) is 25.7 Å². The molecule has 1 aromatic carbocycles. The van der Waals surface area contributed by atoms with Gasteiger partial charge in [-0.1, -0.05) is 18.2 Å². The van der Waals surface area contributed by atoms with Gasteiger partial charge >= 0.3 is 0 Å². The molecule has 1 unspecified atom stereocenters. The first-order valence-electron chi connectivity index (χ1n) is 7.51. The molecule has 1 fully saturated rings. The van der Waals surface area contributed by atoms with E-state index in [1.807, 2.05) is 30.3 Å². The first-order valence-corrected chi connectivity index (χ1v) is 7.51. The van der Waals surface area contributed by atoms with Crippen molar-refractivity contribution in [1.29, 1.82) is 0 Å². The molecular formula is C16H25N3O. The van der Waals surface area contributed by atoms with Crippen LogP contribution < -0.4 is 10.6 Å². The standard InChI is InChI=1S/C16H25N3O/c1-19(15-8-5-11-17-12-9-15)13-10-16(20)18-14-6-3-2-4-7-14/h2-4,6-7,15,17H,5,8-13H2,1H3,(H,18,20). The second kappa shape index (κ2) is 8.02. The second-order valence-electron chi connectivity index (χ2n) is 5.48. The van der Waals surface area contributed by atoms with Gasteiger partial charge in [-0.2, -0.15) is 0 Å². The fourth-order valence-electron chi connectivity index (χ4n) is 2.65. The number of rotatable bonds is 5. The molecule has 4 nitrogen and oxygen atoms in total. The van der Waals surface area contributed by atoms with Gasteiger partial charge in [0.25, 0.3) is 0 Å². The molecule has 0 spiro atoms. The lowest BCUT2D eigenvalue weighted by Crippen LogP contribution is -2.34. The van der Waals surface area contributed by atoms with Gasteiger partial charge in [0.15, 0.2) is 0 Å². The highest BCUT2D eigenvalue weighted by atomic mass is 16.1. The zero-order valence-corrected chi connectivity index (χ0v) is 12.3. The number of amides is 1. The van der Waals surface area contributed by atoms with Crippen molar-refractivity contribution in [3.63, 3.8) is 0 Å². The van der Waals surface area contributed by atoms with Gasteiger partial charge in [-0.15, -0.1) is 0 Å². The first-order chi connectivity index (χ1) is 9.75. The third-order valence-electron chi connectivity index (χ3n) is 3.92. The Labute approximate surface area is 121 Å². The van der Waals surface area contributed by atoms with E-state index < -0.39 is 0 Å². The van der Waals surface area contributed by atoms with E-state index in [4.69, 9.17) is 0 Å². The minimum atomic E-state index is 0.0924. The summed E-state index contributed by atoms with van der Waals surface area (Å²) in [6.07, 6.45) is 4.18. The third-order valence-corrected chi connectivity index (χ3v) is 3.92. The van der Waals surface area contributed by atoms with Gasteiger partial charge in [0.1, 0.15) is 0 Å². The van der Waals surface area contributed by atoms with Crippen LogP contribution in [0.4, 0.5) is 5.69 Å². The number of anilines is 1. The molecule has 0 saturated carbocycles. The van der Waals surface area contributed by atoms with Gasteiger partial charge in [-0.05, 0) is 51.5 Å². The van der Waals surface area contributed by atoms with Crippen molar-refractivity contribution in [2.24, 2.45) is 0 Å². The lowest BCUT2D eigenvalue weighted by Gasteiger charge is -2.26. The van der Waals surface area contributed by atoms with Gasteiger partial charge in [0.2, 0.25) is 5.91 Å². The summed E-state index contributed by atoms with van der Waals surface area (Å²) in [4.78, 5) is 14.2. The summed E-state index contributed by atoms with van der Waals surface area (Å²) in [5.74, 6) is 0.0924. The molecule has 1 aromatic rings. The average molecular weight is 275 g/mol. The van der Waals surface area contributed by atoms with Crippen LogP contribution in [-0.4, -0.2) is 43.5 Å². The fourth-order valence-corrected chi connectivity index (χ4v) is 2.65. The Morgan fingerprint density at radius 2 is 2.10 bits per heavy atom. The zero-order valence-electron chi connectivity index (χ0n) is 12.3. The molecule has 0 radical (unpaired) electrons. The van der Waals surface area contributed by atoms with Crippen LogP contribution in [0, 0.1) is 0 Å². The number of hydrogen-bond acceptors (Lipinski definition) is 3. The molecule has 0 aliphatic carbocycles. The highest BCUT2D eigenvalue weighted by molar-refractivity contribution is 5.90. The Kier molecular flexibility index (Phi) is 6.02. The SMILES string of the molecule is CN(CCC(=O)Nc1ccccc1)C1CCCNCC1. The molecule has 1 aliphatic heterocycles. The van der Waals surface area contributed by atoms with E-state index in [1.54, 1.807) is 0 Å². The van der Waals surface area contributed by atoms with Crippen molar-refractivity contribution in [2.45, 2.75) is 31.7 Å². The monoisotopic (exact) mass is 275 g/mol. The quantitative estimate of drug-likeness (QED) is 0.865. The topological polar surface area (TPSA) is 44.4 Å². The van der Waals surface area contributed by atoms with Crippen LogP contribution in [-0.2, 0) is 4.79 Å². The second-order valence-corrected chi connectivity index (χ2v) is 5.48. The summed E-state index contributed by atoms with van der Waals surface area (Å²) >= 11 is 0. The van der Waals surface area contributed by atoms with Gasteiger partial charge in [0, 0.05) is 24.7 Å². The summed E-state index contributed by atoms with van der Waals surface area (Å²) in [6.45, 7) is 3.04. The molecule has 2 N–H and O–H groups in total. The molecule has 1 heterocycles. The largest absolute Gasteiger partial charge is 0.326 e. The molecule has 1 amide bonds. The normalized spacial score (nSPS) is 19.6. The van der Waals surface area contributed by atoms with Crippen LogP contribution in [0.3, 0.4) is 0 Å². The molecule has 20 heavy (non-hydrogen) atoms. The lowest BCUT2D eigenvalue weighted by molar-refractivity contribution is -0.116. The van der Waals surface area contributed by atoms with Crippen molar-refractivity contribution >= 4 is 11.6 Å². The van der Waals surface area contributed by atoms with E-state index in [2.05, 4.69) is 22.6 Å². The predicted molar refractivity (Wildman–Crippen MR) is 82.8 cm³/mol. The van der Waals surface area contributed by atoms with Gasteiger partial charge in [0.05, 0.1) is 0 Å². The van der Waals surface area contributed by atoms with Gasteiger partial charge in [-0.3, -0.25) is 4.79 Å². The number of para-hydroxylation sites is 1.